The minimum absolute atomic E-state index is 0.0243. The molecule has 0 unspecified atom stereocenters. The van der Waals surface area contributed by atoms with Gasteiger partial charge < -0.3 is 15.4 Å². The zero-order valence-corrected chi connectivity index (χ0v) is 16.6. The van der Waals surface area contributed by atoms with Gasteiger partial charge in [0.15, 0.2) is 0 Å². The van der Waals surface area contributed by atoms with Gasteiger partial charge in [0.05, 0.1) is 17.7 Å². The van der Waals surface area contributed by atoms with Gasteiger partial charge in [0, 0.05) is 49.1 Å². The van der Waals surface area contributed by atoms with E-state index in [0.29, 0.717) is 30.9 Å². The third kappa shape index (κ3) is 5.48. The molecule has 0 bridgehead atoms. The molecular formula is C16H23N5O3S2. The van der Waals surface area contributed by atoms with Crippen molar-refractivity contribution in [3.8, 4) is 0 Å². The van der Waals surface area contributed by atoms with Crippen LogP contribution >= 0.6 is 23.5 Å². The molecule has 0 saturated carbocycles. The summed E-state index contributed by atoms with van der Waals surface area (Å²) in [6.07, 6.45) is 2.60. The summed E-state index contributed by atoms with van der Waals surface area (Å²) in [7, 11) is 3.10. The highest BCUT2D eigenvalue weighted by Gasteiger charge is 2.20. The Labute approximate surface area is 161 Å². The van der Waals surface area contributed by atoms with Crippen LogP contribution in [0.15, 0.2) is 16.6 Å². The Kier molecular flexibility index (Phi) is 7.49. The Balaban J connectivity index is 2.09. The van der Waals surface area contributed by atoms with Crippen LogP contribution in [-0.4, -0.2) is 43.4 Å². The SMILES string of the molecule is CCCN(C)C(=O)C1=Cc2sc(CNSNC(=O)OC)cc2N=C(N)C1. The molecule has 4 N–H and O–H groups in total. The summed E-state index contributed by atoms with van der Waals surface area (Å²) in [6.45, 7) is 3.25. The third-order valence-corrected chi connectivity index (χ3v) is 5.18. The van der Waals surface area contributed by atoms with Crippen molar-refractivity contribution >= 4 is 53.1 Å². The molecule has 0 spiro atoms. The number of rotatable bonds is 7. The second-order valence-corrected chi connectivity index (χ2v) is 7.52. The number of likely N-dealkylation sites (N-methyl/N-ethyl adjacent to an activating group) is 1. The number of carbonyl (C=O) groups is 2. The maximum Gasteiger partial charge on any atom is 0.417 e. The van der Waals surface area contributed by atoms with Crippen LogP contribution in [0.4, 0.5) is 10.5 Å². The van der Waals surface area contributed by atoms with Gasteiger partial charge in [-0.15, -0.1) is 11.3 Å². The first-order chi connectivity index (χ1) is 12.4. The topological polar surface area (TPSA) is 109 Å². The van der Waals surface area contributed by atoms with Crippen molar-refractivity contribution in [1.29, 1.82) is 0 Å². The summed E-state index contributed by atoms with van der Waals surface area (Å²) < 4.78 is 9.96. The molecular weight excluding hydrogens is 374 g/mol. The number of thiophene rings is 1. The summed E-state index contributed by atoms with van der Waals surface area (Å²) in [5.41, 5.74) is 7.40. The van der Waals surface area contributed by atoms with Crippen molar-refractivity contribution in [3.05, 3.63) is 21.4 Å². The van der Waals surface area contributed by atoms with Crippen molar-refractivity contribution in [2.75, 3.05) is 20.7 Å². The predicted molar refractivity (Wildman–Crippen MR) is 106 cm³/mol. The maximum absolute atomic E-state index is 12.6. The monoisotopic (exact) mass is 397 g/mol. The number of nitrogens with one attached hydrogen (secondary N) is 2. The first kappa shape index (κ1) is 20.3. The number of fused-ring (bicyclic) bond motifs is 1. The van der Waals surface area contributed by atoms with Crippen LogP contribution in [0.5, 0.6) is 0 Å². The van der Waals surface area contributed by atoms with E-state index < -0.39 is 6.09 Å². The van der Waals surface area contributed by atoms with Crippen LogP contribution in [0.3, 0.4) is 0 Å². The van der Waals surface area contributed by atoms with Crippen LogP contribution < -0.4 is 15.2 Å². The van der Waals surface area contributed by atoms with Crippen molar-refractivity contribution in [2.24, 2.45) is 10.7 Å². The average Bonchev–Trinajstić information content (AvgIpc) is 2.91. The highest BCUT2D eigenvalue weighted by atomic mass is 32.2. The van der Waals surface area contributed by atoms with Gasteiger partial charge in [-0.3, -0.25) is 9.52 Å². The van der Waals surface area contributed by atoms with Crippen molar-refractivity contribution in [1.82, 2.24) is 14.3 Å². The zero-order chi connectivity index (χ0) is 19.1. The standard InChI is InChI=1S/C16H23N5O3S2/c1-4-5-21(2)15(22)10-6-13-12(19-14(17)7-10)8-11(25-13)9-18-26-20-16(23)24-3/h6,8,18H,4-5,7,9H2,1-3H3,(H2,17,19)(H,20,23). The lowest BCUT2D eigenvalue weighted by atomic mass is 10.1. The molecule has 0 saturated heterocycles. The predicted octanol–water partition coefficient (Wildman–Crippen LogP) is 2.40. The number of carbonyl (C=O) groups excluding carboxylic acids is 2. The van der Waals surface area contributed by atoms with Gasteiger partial charge in [-0.05, 0) is 18.6 Å². The second-order valence-electron chi connectivity index (χ2n) is 5.66. The fourth-order valence-corrected chi connectivity index (χ4v) is 3.93. The normalized spacial score (nSPS) is 13.2. The Bertz CT molecular complexity index is 729. The average molecular weight is 398 g/mol. The summed E-state index contributed by atoms with van der Waals surface area (Å²) in [4.78, 5) is 31.6. The summed E-state index contributed by atoms with van der Waals surface area (Å²) in [5, 5.41) is 0. The highest BCUT2D eigenvalue weighted by Crippen LogP contribution is 2.34. The van der Waals surface area contributed by atoms with Crippen LogP contribution in [0.25, 0.3) is 6.08 Å². The highest BCUT2D eigenvalue weighted by molar-refractivity contribution is 7.95. The van der Waals surface area contributed by atoms with Crippen LogP contribution in [0, 0.1) is 0 Å². The Morgan fingerprint density at radius 3 is 2.96 bits per heavy atom. The first-order valence-corrected chi connectivity index (χ1v) is 9.72. The largest absolute Gasteiger partial charge is 0.452 e. The number of aliphatic imine (C=N–C) groups is 1. The van der Waals surface area contributed by atoms with Gasteiger partial charge in [0.2, 0.25) is 5.91 Å². The van der Waals surface area contributed by atoms with Gasteiger partial charge >= 0.3 is 6.09 Å². The van der Waals surface area contributed by atoms with Gasteiger partial charge in [-0.2, -0.15) is 0 Å². The number of methoxy groups -OCH3 is 1. The van der Waals surface area contributed by atoms with Gasteiger partial charge in [0.1, 0.15) is 5.84 Å². The van der Waals surface area contributed by atoms with Crippen molar-refractivity contribution in [2.45, 2.75) is 26.3 Å². The Morgan fingerprint density at radius 1 is 1.50 bits per heavy atom. The van der Waals surface area contributed by atoms with Crippen LogP contribution in [0.2, 0.25) is 0 Å². The molecule has 2 heterocycles. The molecule has 8 nitrogen and oxygen atoms in total. The molecule has 0 aliphatic carbocycles. The van der Waals surface area contributed by atoms with E-state index in [4.69, 9.17) is 5.73 Å². The molecule has 1 aliphatic heterocycles. The van der Waals surface area contributed by atoms with E-state index in [-0.39, 0.29) is 5.91 Å². The molecule has 1 aliphatic rings. The smallest absolute Gasteiger partial charge is 0.417 e. The lowest BCUT2D eigenvalue weighted by Crippen LogP contribution is -2.30. The molecule has 0 aromatic carbocycles. The number of amidine groups is 1. The van der Waals surface area contributed by atoms with E-state index in [1.54, 1.807) is 11.9 Å². The molecule has 0 fully saturated rings. The molecule has 142 valence electrons. The Morgan fingerprint density at radius 2 is 2.27 bits per heavy atom. The summed E-state index contributed by atoms with van der Waals surface area (Å²) in [5.74, 6) is 0.399. The van der Waals surface area contributed by atoms with E-state index in [9.17, 15) is 9.59 Å². The van der Waals surface area contributed by atoms with Crippen molar-refractivity contribution < 1.29 is 14.3 Å². The molecule has 10 heteroatoms. The van der Waals surface area contributed by atoms with Gasteiger partial charge in [0.25, 0.3) is 0 Å². The minimum atomic E-state index is -0.524. The summed E-state index contributed by atoms with van der Waals surface area (Å²) >= 11 is 2.57. The molecule has 0 radical (unpaired) electrons. The fourth-order valence-electron chi connectivity index (χ4n) is 2.37. The molecule has 1 aromatic rings. The second kappa shape index (κ2) is 9.60. The molecule has 2 amide bonds. The summed E-state index contributed by atoms with van der Waals surface area (Å²) in [6, 6.07) is 1.93. The van der Waals surface area contributed by atoms with E-state index in [1.807, 2.05) is 19.1 Å². The third-order valence-electron chi connectivity index (χ3n) is 3.55. The van der Waals surface area contributed by atoms with Gasteiger partial charge in [-0.1, -0.05) is 6.92 Å². The number of amides is 2. The number of ether oxygens (including phenoxy) is 1. The fraction of sp³-hybridized carbons (Fsp3) is 0.438. The number of hydrogen-bond donors (Lipinski definition) is 3. The minimum Gasteiger partial charge on any atom is -0.452 e. The number of hydrogen-bond acceptors (Lipinski definition) is 8. The molecule has 2 rings (SSSR count). The lowest BCUT2D eigenvalue weighted by molar-refractivity contribution is -0.125. The van der Waals surface area contributed by atoms with Crippen LogP contribution in [-0.2, 0) is 16.1 Å². The van der Waals surface area contributed by atoms with E-state index in [1.165, 1.54) is 18.4 Å². The lowest BCUT2D eigenvalue weighted by Gasteiger charge is -2.17. The van der Waals surface area contributed by atoms with E-state index in [2.05, 4.69) is 19.2 Å². The molecule has 1 aromatic heterocycles. The molecule has 0 atom stereocenters. The van der Waals surface area contributed by atoms with E-state index >= 15 is 0 Å². The maximum atomic E-state index is 12.6. The van der Waals surface area contributed by atoms with Crippen LogP contribution in [0.1, 0.15) is 29.5 Å². The quantitative estimate of drug-likeness (QED) is 0.481. The van der Waals surface area contributed by atoms with E-state index in [0.717, 1.165) is 34.0 Å². The Hall–Kier alpha value is -2.04. The van der Waals surface area contributed by atoms with Gasteiger partial charge in [-0.25, -0.2) is 14.5 Å². The number of nitrogens with zero attached hydrogens (tertiary/aromatic N) is 2. The van der Waals surface area contributed by atoms with Crippen molar-refractivity contribution in [3.63, 3.8) is 0 Å². The molecule has 26 heavy (non-hydrogen) atoms. The first-order valence-electron chi connectivity index (χ1n) is 8.09. The zero-order valence-electron chi connectivity index (χ0n) is 15.0. The number of nitrogens with two attached hydrogens (primary N) is 1.